The van der Waals surface area contributed by atoms with Crippen LogP contribution in [0.4, 0.5) is 0 Å². The Morgan fingerprint density at radius 2 is 2.05 bits per heavy atom. The lowest BCUT2D eigenvalue weighted by molar-refractivity contribution is 0.0521. The third-order valence-corrected chi connectivity index (χ3v) is 4.24. The second-order valence-electron chi connectivity index (χ2n) is 5.66. The summed E-state index contributed by atoms with van der Waals surface area (Å²) in [7, 11) is -2.34. The number of nitrogens with zero attached hydrogens (tertiary/aromatic N) is 2. The molecule has 114 valence electrons. The van der Waals surface area contributed by atoms with Crippen LogP contribution in [-0.2, 0) is 14.8 Å². The van der Waals surface area contributed by atoms with Crippen LogP contribution in [0.15, 0.2) is 11.2 Å². The molecule has 1 aromatic rings. The molecular weight excluding hydrogens is 282 g/mol. The van der Waals surface area contributed by atoms with Crippen LogP contribution in [0, 0.1) is 5.41 Å². The summed E-state index contributed by atoms with van der Waals surface area (Å²) >= 11 is 0. The Bertz CT molecular complexity index is 572. The molecule has 0 aliphatic heterocycles. The highest BCUT2D eigenvalue weighted by Crippen LogP contribution is 2.22. The van der Waals surface area contributed by atoms with E-state index >= 15 is 0 Å². The fourth-order valence-corrected chi connectivity index (χ4v) is 3.18. The first kappa shape index (κ1) is 16.6. The number of H-pyrrole nitrogens is 1. The smallest absolute Gasteiger partial charge is 0.342 e. The highest BCUT2D eigenvalue weighted by Gasteiger charge is 2.31. The summed E-state index contributed by atoms with van der Waals surface area (Å²) < 4.78 is 30.9. The number of aromatic amines is 1. The number of nitrogens with one attached hydrogen (secondary N) is 1. The highest BCUT2D eigenvalue weighted by molar-refractivity contribution is 7.89. The first-order chi connectivity index (χ1) is 9.09. The largest absolute Gasteiger partial charge is 0.462 e. The molecule has 0 amide bonds. The summed E-state index contributed by atoms with van der Waals surface area (Å²) in [5, 5.41) is 5.78. The fourth-order valence-electron chi connectivity index (χ4n) is 1.73. The predicted molar refractivity (Wildman–Crippen MR) is 73.8 cm³/mol. The zero-order chi connectivity index (χ0) is 15.6. The molecule has 1 N–H and O–H groups in total. The number of ether oxygens (including phenoxy) is 1. The Hall–Kier alpha value is -1.41. The number of rotatable bonds is 5. The van der Waals surface area contributed by atoms with Gasteiger partial charge in [0.15, 0.2) is 5.03 Å². The lowest BCUT2D eigenvalue weighted by atomic mass is 9.97. The minimum atomic E-state index is -3.81. The number of carbonyl (C=O) groups is 1. The molecule has 20 heavy (non-hydrogen) atoms. The van der Waals surface area contributed by atoms with Crippen LogP contribution in [0.1, 0.15) is 38.1 Å². The van der Waals surface area contributed by atoms with Crippen LogP contribution in [-0.4, -0.2) is 49.1 Å². The van der Waals surface area contributed by atoms with E-state index in [1.807, 2.05) is 20.8 Å². The number of hydrogen-bond acceptors (Lipinski definition) is 5. The molecule has 7 nitrogen and oxygen atoms in total. The van der Waals surface area contributed by atoms with Gasteiger partial charge in [0.1, 0.15) is 5.56 Å². The Labute approximate surface area is 119 Å². The lowest BCUT2D eigenvalue weighted by Crippen LogP contribution is -2.35. The lowest BCUT2D eigenvalue weighted by Gasteiger charge is -2.25. The van der Waals surface area contributed by atoms with Gasteiger partial charge in [0, 0.05) is 13.6 Å². The minimum absolute atomic E-state index is 0.0763. The van der Waals surface area contributed by atoms with E-state index < -0.39 is 16.0 Å². The molecular formula is C12H21N3O4S. The number of aromatic nitrogens is 2. The standard InChI is InChI=1S/C12H21N3O4S/c1-6-19-11(16)9-7-13-14-10(9)20(17,18)15(5)8-12(2,3)4/h7H,6,8H2,1-5H3,(H,13,14). The third kappa shape index (κ3) is 3.80. The van der Waals surface area contributed by atoms with Gasteiger partial charge in [-0.1, -0.05) is 20.8 Å². The minimum Gasteiger partial charge on any atom is -0.462 e. The molecule has 0 aliphatic rings. The van der Waals surface area contributed by atoms with Gasteiger partial charge in [-0.25, -0.2) is 13.2 Å². The van der Waals surface area contributed by atoms with Crippen molar-refractivity contribution < 1.29 is 17.9 Å². The van der Waals surface area contributed by atoms with Gasteiger partial charge >= 0.3 is 5.97 Å². The molecule has 0 unspecified atom stereocenters. The van der Waals surface area contributed by atoms with Crippen molar-refractivity contribution in [2.24, 2.45) is 5.41 Å². The van der Waals surface area contributed by atoms with Crippen LogP contribution >= 0.6 is 0 Å². The summed E-state index contributed by atoms with van der Waals surface area (Å²) in [4.78, 5) is 11.7. The van der Waals surface area contributed by atoms with Crippen molar-refractivity contribution in [2.45, 2.75) is 32.7 Å². The summed E-state index contributed by atoms with van der Waals surface area (Å²) in [5.74, 6) is -0.705. The third-order valence-electron chi connectivity index (χ3n) is 2.46. The molecule has 0 fully saturated rings. The van der Waals surface area contributed by atoms with Crippen LogP contribution in [0.2, 0.25) is 0 Å². The monoisotopic (exact) mass is 303 g/mol. The number of esters is 1. The normalized spacial score (nSPS) is 12.7. The quantitative estimate of drug-likeness (QED) is 0.826. The van der Waals surface area contributed by atoms with Crippen molar-refractivity contribution >= 4 is 16.0 Å². The van der Waals surface area contributed by atoms with E-state index in [0.717, 1.165) is 6.20 Å². The van der Waals surface area contributed by atoms with Crippen molar-refractivity contribution in [1.82, 2.24) is 14.5 Å². The van der Waals surface area contributed by atoms with Gasteiger partial charge in [-0.2, -0.15) is 9.40 Å². The zero-order valence-corrected chi connectivity index (χ0v) is 13.2. The molecule has 1 rings (SSSR count). The molecule has 0 aromatic carbocycles. The van der Waals surface area contributed by atoms with Gasteiger partial charge in [-0.05, 0) is 12.3 Å². The summed E-state index contributed by atoms with van der Waals surface area (Å²) in [6.07, 6.45) is 1.16. The maximum atomic E-state index is 12.4. The number of carbonyl (C=O) groups excluding carboxylic acids is 1. The molecule has 0 radical (unpaired) electrons. The van der Waals surface area contributed by atoms with Crippen LogP contribution < -0.4 is 0 Å². The Balaban J connectivity index is 3.11. The maximum absolute atomic E-state index is 12.4. The molecule has 0 bridgehead atoms. The van der Waals surface area contributed by atoms with Gasteiger partial charge in [0.25, 0.3) is 10.0 Å². The van der Waals surface area contributed by atoms with Gasteiger partial charge < -0.3 is 4.74 Å². The fraction of sp³-hybridized carbons (Fsp3) is 0.667. The van der Waals surface area contributed by atoms with Gasteiger partial charge in [-0.15, -0.1) is 0 Å². The van der Waals surface area contributed by atoms with E-state index in [0.29, 0.717) is 6.54 Å². The van der Waals surface area contributed by atoms with E-state index in [1.54, 1.807) is 6.92 Å². The second kappa shape index (κ2) is 5.92. The number of sulfonamides is 1. The Morgan fingerprint density at radius 1 is 1.45 bits per heavy atom. The average Bonchev–Trinajstić information content (AvgIpc) is 2.76. The van der Waals surface area contributed by atoms with Crippen molar-refractivity contribution in [3.8, 4) is 0 Å². The van der Waals surface area contributed by atoms with E-state index in [4.69, 9.17) is 4.74 Å². The first-order valence-electron chi connectivity index (χ1n) is 6.26. The van der Waals surface area contributed by atoms with E-state index in [2.05, 4.69) is 10.2 Å². The molecule has 0 saturated carbocycles. The predicted octanol–water partition coefficient (Wildman–Crippen LogP) is 1.25. The molecule has 0 saturated heterocycles. The maximum Gasteiger partial charge on any atom is 0.342 e. The second-order valence-corrected chi connectivity index (χ2v) is 7.64. The van der Waals surface area contributed by atoms with Crippen LogP contribution in [0.25, 0.3) is 0 Å². The molecule has 1 aromatic heterocycles. The van der Waals surface area contributed by atoms with Gasteiger partial charge in [0.05, 0.1) is 12.8 Å². The van der Waals surface area contributed by atoms with Crippen LogP contribution in [0.3, 0.4) is 0 Å². The summed E-state index contributed by atoms with van der Waals surface area (Å²) in [5.41, 5.74) is -0.279. The molecule has 0 spiro atoms. The van der Waals surface area contributed by atoms with E-state index in [9.17, 15) is 13.2 Å². The van der Waals surface area contributed by atoms with E-state index in [1.165, 1.54) is 11.4 Å². The molecule has 8 heteroatoms. The molecule has 0 aliphatic carbocycles. The Kier molecular flexibility index (Phi) is 4.93. The van der Waals surface area contributed by atoms with Crippen molar-refractivity contribution in [2.75, 3.05) is 20.2 Å². The number of hydrogen-bond donors (Lipinski definition) is 1. The SMILES string of the molecule is CCOC(=O)c1cn[nH]c1S(=O)(=O)N(C)CC(C)(C)C. The average molecular weight is 303 g/mol. The molecule has 0 atom stereocenters. The molecule has 1 heterocycles. The van der Waals surface area contributed by atoms with E-state index in [-0.39, 0.29) is 22.6 Å². The van der Waals surface area contributed by atoms with Crippen molar-refractivity contribution in [1.29, 1.82) is 0 Å². The van der Waals surface area contributed by atoms with Crippen LogP contribution in [0.5, 0.6) is 0 Å². The highest BCUT2D eigenvalue weighted by atomic mass is 32.2. The summed E-state index contributed by atoms with van der Waals surface area (Å²) in [6.45, 7) is 7.92. The zero-order valence-electron chi connectivity index (χ0n) is 12.4. The summed E-state index contributed by atoms with van der Waals surface area (Å²) in [6, 6.07) is 0. The Morgan fingerprint density at radius 3 is 2.55 bits per heavy atom. The van der Waals surface area contributed by atoms with Crippen molar-refractivity contribution in [3.05, 3.63) is 11.8 Å². The van der Waals surface area contributed by atoms with Gasteiger partial charge in [0.2, 0.25) is 0 Å². The first-order valence-corrected chi connectivity index (χ1v) is 7.70. The topological polar surface area (TPSA) is 92.4 Å². The van der Waals surface area contributed by atoms with Crippen molar-refractivity contribution in [3.63, 3.8) is 0 Å². The van der Waals surface area contributed by atoms with Gasteiger partial charge in [-0.3, -0.25) is 5.10 Å².